The van der Waals surface area contributed by atoms with Gasteiger partial charge in [0.2, 0.25) is 10.0 Å². The monoisotopic (exact) mass is 298 g/mol. The molecule has 0 radical (unpaired) electrons. The molecule has 0 aliphatic heterocycles. The smallest absolute Gasteiger partial charge is 0.240 e. The third kappa shape index (κ3) is 4.89. The van der Waals surface area contributed by atoms with Gasteiger partial charge >= 0.3 is 0 Å². The summed E-state index contributed by atoms with van der Waals surface area (Å²) in [6.45, 7) is 7.50. The van der Waals surface area contributed by atoms with Crippen molar-refractivity contribution in [3.05, 3.63) is 29.8 Å². The Morgan fingerprint density at radius 2 is 1.70 bits per heavy atom. The molecule has 2 N–H and O–H groups in total. The van der Waals surface area contributed by atoms with E-state index in [9.17, 15) is 8.42 Å². The van der Waals surface area contributed by atoms with Gasteiger partial charge in [-0.2, -0.15) is 0 Å². The molecule has 0 heterocycles. The molecular formula is C15H26N2O2S. The van der Waals surface area contributed by atoms with Crippen molar-refractivity contribution in [1.29, 1.82) is 0 Å². The van der Waals surface area contributed by atoms with Gasteiger partial charge in [0.1, 0.15) is 0 Å². The highest BCUT2D eigenvalue weighted by Gasteiger charge is 2.15. The minimum Gasteiger partial charge on any atom is -0.319 e. The van der Waals surface area contributed by atoms with Gasteiger partial charge in [0, 0.05) is 6.54 Å². The first kappa shape index (κ1) is 17.1. The first-order chi connectivity index (χ1) is 9.40. The van der Waals surface area contributed by atoms with Crippen LogP contribution in [0.25, 0.3) is 0 Å². The van der Waals surface area contributed by atoms with E-state index in [0.717, 1.165) is 13.0 Å². The van der Waals surface area contributed by atoms with Crippen molar-refractivity contribution in [2.75, 3.05) is 20.1 Å². The Balaban J connectivity index is 2.73. The topological polar surface area (TPSA) is 58.2 Å². The zero-order valence-corrected chi connectivity index (χ0v) is 13.6. The summed E-state index contributed by atoms with van der Waals surface area (Å²) in [6.07, 6.45) is 1.05. The van der Waals surface area contributed by atoms with Gasteiger partial charge in [-0.05, 0) is 49.5 Å². The van der Waals surface area contributed by atoms with E-state index < -0.39 is 10.0 Å². The summed E-state index contributed by atoms with van der Waals surface area (Å²) in [5.41, 5.74) is 1.18. The molecule has 2 unspecified atom stereocenters. The molecule has 1 rings (SSSR count). The molecule has 0 aromatic heterocycles. The highest BCUT2D eigenvalue weighted by atomic mass is 32.2. The standard InChI is InChI=1S/C15H26N2O2S/c1-5-13(3)14-6-8-15(9-7-14)20(18,19)17-11-12(2)10-16-4/h6-9,12-13,16-17H,5,10-11H2,1-4H3. The first-order valence-corrected chi connectivity index (χ1v) is 8.63. The summed E-state index contributed by atoms with van der Waals surface area (Å²) in [7, 11) is -1.54. The van der Waals surface area contributed by atoms with Crippen LogP contribution in [0.5, 0.6) is 0 Å². The number of hydrogen-bond donors (Lipinski definition) is 2. The molecule has 5 heteroatoms. The van der Waals surface area contributed by atoms with E-state index in [2.05, 4.69) is 23.9 Å². The van der Waals surface area contributed by atoms with E-state index in [1.165, 1.54) is 5.56 Å². The first-order valence-electron chi connectivity index (χ1n) is 7.15. The van der Waals surface area contributed by atoms with Crippen LogP contribution in [-0.4, -0.2) is 28.6 Å². The lowest BCUT2D eigenvalue weighted by Crippen LogP contribution is -2.32. The van der Waals surface area contributed by atoms with Crippen molar-refractivity contribution in [3.8, 4) is 0 Å². The highest BCUT2D eigenvalue weighted by molar-refractivity contribution is 7.89. The molecule has 0 bridgehead atoms. The van der Waals surface area contributed by atoms with E-state index in [-0.39, 0.29) is 5.92 Å². The normalized spacial score (nSPS) is 15.0. The third-order valence-corrected chi connectivity index (χ3v) is 4.99. The molecule has 0 spiro atoms. The van der Waals surface area contributed by atoms with Crippen molar-refractivity contribution in [1.82, 2.24) is 10.0 Å². The Labute approximate surface area is 123 Å². The maximum absolute atomic E-state index is 12.2. The van der Waals surface area contributed by atoms with Crippen molar-refractivity contribution < 1.29 is 8.42 Å². The molecule has 0 amide bonds. The van der Waals surface area contributed by atoms with E-state index in [4.69, 9.17) is 0 Å². The number of benzene rings is 1. The van der Waals surface area contributed by atoms with Crippen molar-refractivity contribution >= 4 is 10.0 Å². The van der Waals surface area contributed by atoms with Crippen LogP contribution in [0, 0.1) is 5.92 Å². The summed E-state index contributed by atoms with van der Waals surface area (Å²) in [5, 5.41) is 3.04. The third-order valence-electron chi connectivity index (χ3n) is 3.55. The van der Waals surface area contributed by atoms with Gasteiger partial charge in [-0.1, -0.05) is 32.9 Å². The zero-order chi connectivity index (χ0) is 15.2. The van der Waals surface area contributed by atoms with E-state index in [1.54, 1.807) is 12.1 Å². The lowest BCUT2D eigenvalue weighted by atomic mass is 9.99. The number of nitrogens with one attached hydrogen (secondary N) is 2. The maximum atomic E-state index is 12.2. The van der Waals surface area contributed by atoms with Crippen molar-refractivity contribution in [3.63, 3.8) is 0 Å². The van der Waals surface area contributed by atoms with Gasteiger partial charge in [0.05, 0.1) is 4.90 Å². The van der Waals surface area contributed by atoms with Crippen LogP contribution in [0.3, 0.4) is 0 Å². The molecular weight excluding hydrogens is 272 g/mol. The quantitative estimate of drug-likeness (QED) is 0.774. The number of rotatable bonds is 8. The minimum atomic E-state index is -3.40. The second kappa shape index (κ2) is 7.76. The molecule has 1 aromatic rings. The Kier molecular flexibility index (Phi) is 6.65. The van der Waals surface area contributed by atoms with Crippen LogP contribution in [0.1, 0.15) is 38.7 Å². The Bertz CT molecular complexity index is 497. The van der Waals surface area contributed by atoms with E-state index >= 15 is 0 Å². The molecule has 0 saturated heterocycles. The minimum absolute atomic E-state index is 0.258. The molecule has 2 atom stereocenters. The largest absolute Gasteiger partial charge is 0.319 e. The Hall–Kier alpha value is -0.910. The van der Waals surface area contributed by atoms with Gasteiger partial charge in [-0.3, -0.25) is 0 Å². The van der Waals surface area contributed by atoms with Crippen LogP contribution in [0.2, 0.25) is 0 Å². The van der Waals surface area contributed by atoms with Gasteiger partial charge in [0.15, 0.2) is 0 Å². The summed E-state index contributed by atoms with van der Waals surface area (Å²) < 4.78 is 27.0. The van der Waals surface area contributed by atoms with Crippen LogP contribution in [-0.2, 0) is 10.0 Å². The summed E-state index contributed by atoms with van der Waals surface area (Å²) >= 11 is 0. The Morgan fingerprint density at radius 3 is 2.20 bits per heavy atom. The van der Waals surface area contributed by atoms with Gasteiger partial charge in [-0.25, -0.2) is 13.1 Å². The SMILES string of the molecule is CCC(C)c1ccc(S(=O)(=O)NCC(C)CNC)cc1. The molecule has 20 heavy (non-hydrogen) atoms. The summed E-state index contributed by atoms with van der Waals surface area (Å²) in [5.74, 6) is 0.713. The maximum Gasteiger partial charge on any atom is 0.240 e. The van der Waals surface area contributed by atoms with Crippen LogP contribution < -0.4 is 10.0 Å². The number of sulfonamides is 1. The Morgan fingerprint density at radius 1 is 1.10 bits per heavy atom. The van der Waals surface area contributed by atoms with E-state index in [1.807, 2.05) is 26.1 Å². The second-order valence-corrected chi connectivity index (χ2v) is 7.16. The summed E-state index contributed by atoms with van der Waals surface area (Å²) in [6, 6.07) is 7.18. The summed E-state index contributed by atoms with van der Waals surface area (Å²) in [4.78, 5) is 0.334. The van der Waals surface area contributed by atoms with E-state index in [0.29, 0.717) is 17.4 Å². The van der Waals surface area contributed by atoms with Gasteiger partial charge < -0.3 is 5.32 Å². The zero-order valence-electron chi connectivity index (χ0n) is 12.8. The fourth-order valence-electron chi connectivity index (χ4n) is 1.97. The lowest BCUT2D eigenvalue weighted by Gasteiger charge is -2.13. The molecule has 0 saturated carbocycles. The molecule has 4 nitrogen and oxygen atoms in total. The molecule has 0 aliphatic carbocycles. The fraction of sp³-hybridized carbons (Fsp3) is 0.600. The predicted molar refractivity (Wildman–Crippen MR) is 83.4 cm³/mol. The molecule has 0 aliphatic rings. The molecule has 1 aromatic carbocycles. The predicted octanol–water partition coefficient (Wildman–Crippen LogP) is 2.33. The van der Waals surface area contributed by atoms with Crippen molar-refractivity contribution in [2.24, 2.45) is 5.92 Å². The van der Waals surface area contributed by atoms with Gasteiger partial charge in [-0.15, -0.1) is 0 Å². The lowest BCUT2D eigenvalue weighted by molar-refractivity contribution is 0.519. The average molecular weight is 298 g/mol. The highest BCUT2D eigenvalue weighted by Crippen LogP contribution is 2.20. The fourth-order valence-corrected chi connectivity index (χ4v) is 3.13. The van der Waals surface area contributed by atoms with Crippen LogP contribution in [0.4, 0.5) is 0 Å². The molecule has 0 fully saturated rings. The second-order valence-electron chi connectivity index (χ2n) is 5.39. The van der Waals surface area contributed by atoms with Crippen LogP contribution >= 0.6 is 0 Å². The average Bonchev–Trinajstić information content (AvgIpc) is 2.45. The van der Waals surface area contributed by atoms with Gasteiger partial charge in [0.25, 0.3) is 0 Å². The molecule has 114 valence electrons. The van der Waals surface area contributed by atoms with Crippen LogP contribution in [0.15, 0.2) is 29.2 Å². The number of hydrogen-bond acceptors (Lipinski definition) is 3. The van der Waals surface area contributed by atoms with Crippen molar-refractivity contribution in [2.45, 2.75) is 38.0 Å².